The van der Waals surface area contributed by atoms with Crippen molar-refractivity contribution in [2.75, 3.05) is 36.5 Å². The minimum atomic E-state index is -4.53. The number of benzene rings is 2. The maximum absolute atomic E-state index is 13.1. The number of hydrogen-bond donors (Lipinski definition) is 2. The van der Waals surface area contributed by atoms with Gasteiger partial charge < -0.3 is 20.3 Å². The second-order valence-corrected chi connectivity index (χ2v) is 10.7. The molecule has 1 fully saturated rings. The Balaban J connectivity index is 1.30. The average molecular weight is 590 g/mol. The Morgan fingerprint density at radius 3 is 2.60 bits per heavy atom. The van der Waals surface area contributed by atoms with Crippen molar-refractivity contribution in [1.82, 2.24) is 10.3 Å². The number of aromatic nitrogens is 1. The Hall–Kier alpha value is -4.44. The van der Waals surface area contributed by atoms with Crippen LogP contribution in [-0.2, 0) is 10.9 Å². The van der Waals surface area contributed by atoms with E-state index in [-0.39, 0.29) is 17.5 Å². The number of hydrogen-bond acceptors (Lipinski definition) is 6. The van der Waals surface area contributed by atoms with Crippen LogP contribution in [0.1, 0.15) is 53.4 Å². The van der Waals surface area contributed by atoms with Gasteiger partial charge >= 0.3 is 6.18 Å². The van der Waals surface area contributed by atoms with E-state index in [1.807, 2.05) is 37.4 Å². The summed E-state index contributed by atoms with van der Waals surface area (Å²) in [7, 11) is 0. The van der Waals surface area contributed by atoms with Crippen LogP contribution < -0.4 is 15.5 Å². The fourth-order valence-corrected chi connectivity index (χ4v) is 4.93. The third-order valence-electron chi connectivity index (χ3n) is 7.31. The normalized spacial score (nSPS) is 21.3. The minimum Gasteiger partial charge on any atom is -0.378 e. The molecule has 2 atom stereocenters. The van der Waals surface area contributed by atoms with Crippen LogP contribution in [0.5, 0.6) is 0 Å². The molecule has 0 bridgehead atoms. The number of pyridine rings is 1. The van der Waals surface area contributed by atoms with Crippen LogP contribution in [0.25, 0.3) is 0 Å². The molecule has 1 aromatic heterocycles. The number of ether oxygens (including phenoxy) is 1. The molecule has 3 heterocycles. The van der Waals surface area contributed by atoms with Gasteiger partial charge in [0.25, 0.3) is 5.91 Å². The third kappa shape index (κ3) is 7.90. The molecule has 5 rings (SSSR count). The van der Waals surface area contributed by atoms with Gasteiger partial charge in [0.1, 0.15) is 11.6 Å². The first-order chi connectivity index (χ1) is 20.7. The SMILES string of the molecule is CC1\C=C(N[C@@H](C)c2cccc(NC(=O)c3cccc(C(F)(F)F)c3)c2)/N=C(c2ccc(N3CCOCC3)nc2)\C=C\C1. The zero-order valence-corrected chi connectivity index (χ0v) is 24.1. The summed E-state index contributed by atoms with van der Waals surface area (Å²) in [5.41, 5.74) is 2.12. The van der Waals surface area contributed by atoms with Gasteiger partial charge in [-0.15, -0.1) is 0 Å². The Labute approximate surface area is 249 Å². The summed E-state index contributed by atoms with van der Waals surface area (Å²) in [5.74, 6) is 1.28. The molecule has 10 heteroatoms. The summed E-state index contributed by atoms with van der Waals surface area (Å²) >= 11 is 0. The van der Waals surface area contributed by atoms with Crippen molar-refractivity contribution in [3.63, 3.8) is 0 Å². The van der Waals surface area contributed by atoms with Crippen molar-refractivity contribution in [2.45, 2.75) is 32.5 Å². The van der Waals surface area contributed by atoms with Crippen molar-refractivity contribution in [3.05, 3.63) is 113 Å². The lowest BCUT2D eigenvalue weighted by Gasteiger charge is -2.27. The molecule has 7 nitrogen and oxygen atoms in total. The van der Waals surface area contributed by atoms with Gasteiger partial charge in [-0.05, 0) is 79.4 Å². The molecule has 2 aliphatic rings. The first kappa shape index (κ1) is 30.0. The van der Waals surface area contributed by atoms with Crippen LogP contribution in [-0.4, -0.2) is 42.9 Å². The van der Waals surface area contributed by atoms with Crippen LogP contribution in [0, 0.1) is 5.92 Å². The van der Waals surface area contributed by atoms with Crippen molar-refractivity contribution < 1.29 is 22.7 Å². The number of anilines is 2. The molecule has 43 heavy (non-hydrogen) atoms. The average Bonchev–Trinajstić information content (AvgIpc) is 3.00. The number of carbonyl (C=O) groups excluding carboxylic acids is 1. The number of aliphatic imine (C=N–C) groups is 1. The smallest absolute Gasteiger partial charge is 0.378 e. The van der Waals surface area contributed by atoms with Gasteiger partial charge in [-0.3, -0.25) is 4.79 Å². The fraction of sp³-hybridized carbons (Fsp3) is 0.303. The van der Waals surface area contributed by atoms with Crippen LogP contribution in [0.3, 0.4) is 0 Å². The van der Waals surface area contributed by atoms with Gasteiger partial charge in [-0.2, -0.15) is 13.2 Å². The zero-order chi connectivity index (χ0) is 30.4. The summed E-state index contributed by atoms with van der Waals surface area (Å²) in [6.45, 7) is 7.13. The second kappa shape index (κ2) is 13.2. The molecule has 1 saturated heterocycles. The van der Waals surface area contributed by atoms with E-state index >= 15 is 0 Å². The van der Waals surface area contributed by atoms with Crippen LogP contribution in [0.2, 0.25) is 0 Å². The molecule has 2 aromatic carbocycles. The van der Waals surface area contributed by atoms with E-state index in [9.17, 15) is 18.0 Å². The van der Waals surface area contributed by atoms with E-state index in [1.165, 1.54) is 12.1 Å². The lowest BCUT2D eigenvalue weighted by atomic mass is 10.0. The van der Waals surface area contributed by atoms with E-state index in [0.29, 0.717) is 18.9 Å². The summed E-state index contributed by atoms with van der Waals surface area (Å²) < 4.78 is 44.8. The molecule has 224 valence electrons. The highest BCUT2D eigenvalue weighted by Crippen LogP contribution is 2.30. The largest absolute Gasteiger partial charge is 0.416 e. The number of morpholine rings is 1. The molecule has 0 radical (unpaired) electrons. The van der Waals surface area contributed by atoms with Gasteiger partial charge in [-0.25, -0.2) is 9.98 Å². The number of rotatable bonds is 7. The Kier molecular flexibility index (Phi) is 9.25. The molecule has 3 aromatic rings. The first-order valence-electron chi connectivity index (χ1n) is 14.3. The van der Waals surface area contributed by atoms with Gasteiger partial charge in [0.15, 0.2) is 0 Å². The molecule has 0 saturated carbocycles. The number of carbonyl (C=O) groups is 1. The zero-order valence-electron chi connectivity index (χ0n) is 24.1. The van der Waals surface area contributed by atoms with Crippen molar-refractivity contribution >= 4 is 23.1 Å². The van der Waals surface area contributed by atoms with E-state index in [4.69, 9.17) is 9.73 Å². The number of alkyl halides is 3. The van der Waals surface area contributed by atoms with E-state index in [1.54, 1.807) is 18.2 Å². The topological polar surface area (TPSA) is 78.8 Å². The molecule has 1 unspecified atom stereocenters. The highest BCUT2D eigenvalue weighted by Gasteiger charge is 2.31. The van der Waals surface area contributed by atoms with Gasteiger partial charge in [-0.1, -0.05) is 31.2 Å². The Bertz CT molecular complexity index is 1530. The van der Waals surface area contributed by atoms with Crippen molar-refractivity contribution in [3.8, 4) is 0 Å². The molecule has 2 N–H and O–H groups in total. The van der Waals surface area contributed by atoms with Gasteiger partial charge in [0.2, 0.25) is 0 Å². The highest BCUT2D eigenvalue weighted by molar-refractivity contribution is 6.09. The van der Waals surface area contributed by atoms with E-state index in [0.717, 1.165) is 60.1 Å². The lowest BCUT2D eigenvalue weighted by Crippen LogP contribution is -2.36. The fourth-order valence-electron chi connectivity index (χ4n) is 4.93. The number of halogens is 3. The third-order valence-corrected chi connectivity index (χ3v) is 7.31. The van der Waals surface area contributed by atoms with Gasteiger partial charge in [0.05, 0.1) is 30.5 Å². The number of amides is 1. The predicted molar refractivity (Wildman–Crippen MR) is 162 cm³/mol. The molecule has 2 aliphatic heterocycles. The van der Waals surface area contributed by atoms with E-state index in [2.05, 4.69) is 39.6 Å². The maximum atomic E-state index is 13.1. The highest BCUT2D eigenvalue weighted by atomic mass is 19.4. The Morgan fingerprint density at radius 1 is 1.07 bits per heavy atom. The minimum absolute atomic E-state index is 0.0672. The molecule has 0 spiro atoms. The summed E-state index contributed by atoms with van der Waals surface area (Å²) in [6.07, 6.45) is 4.40. The summed E-state index contributed by atoms with van der Waals surface area (Å²) in [4.78, 5) is 24.6. The summed E-state index contributed by atoms with van der Waals surface area (Å²) in [6, 6.07) is 15.5. The Morgan fingerprint density at radius 2 is 1.86 bits per heavy atom. The first-order valence-corrected chi connectivity index (χ1v) is 14.3. The molecule has 0 aliphatic carbocycles. The molecule has 1 amide bonds. The maximum Gasteiger partial charge on any atom is 0.416 e. The molecular weight excluding hydrogens is 555 g/mol. The lowest BCUT2D eigenvalue weighted by molar-refractivity contribution is -0.137. The number of nitrogens with zero attached hydrogens (tertiary/aromatic N) is 3. The van der Waals surface area contributed by atoms with Gasteiger partial charge in [0, 0.05) is 36.1 Å². The van der Waals surface area contributed by atoms with Crippen LogP contribution >= 0.6 is 0 Å². The predicted octanol–water partition coefficient (Wildman–Crippen LogP) is 6.77. The van der Waals surface area contributed by atoms with Crippen molar-refractivity contribution in [2.24, 2.45) is 10.9 Å². The van der Waals surface area contributed by atoms with Crippen molar-refractivity contribution in [1.29, 1.82) is 0 Å². The number of nitrogens with one attached hydrogen (secondary N) is 2. The van der Waals surface area contributed by atoms with Crippen LogP contribution in [0.15, 0.2) is 95.9 Å². The standard InChI is InChI=1S/C33H34F3N5O2/c1-22-6-3-11-29(26-12-13-31(37-21-26)41-14-16-43-17-15-41)40-30(18-22)38-23(2)24-7-5-10-28(20-24)39-32(42)25-8-4-9-27(19-25)33(34,35)36/h3-5,7-13,18-23,38H,6,14-17H2,1-2H3,(H,39,42)/b11-3+,30-18-,40-29+/t22?,23-/m0/s1. The summed E-state index contributed by atoms with van der Waals surface area (Å²) in [5, 5.41) is 6.21. The molecular formula is C33H34F3N5O2. The van der Waals surface area contributed by atoms with Crippen LogP contribution in [0.4, 0.5) is 24.7 Å². The van der Waals surface area contributed by atoms with E-state index < -0.39 is 17.6 Å². The second-order valence-electron chi connectivity index (χ2n) is 10.7. The monoisotopic (exact) mass is 589 g/mol. The number of allylic oxidation sites excluding steroid dienone is 3. The quantitative estimate of drug-likeness (QED) is 0.318.